The number of furan rings is 1. The van der Waals surface area contributed by atoms with Gasteiger partial charge in [0.15, 0.2) is 6.61 Å². The van der Waals surface area contributed by atoms with Gasteiger partial charge in [-0.1, -0.05) is 18.2 Å². The van der Waals surface area contributed by atoms with Crippen molar-refractivity contribution in [2.24, 2.45) is 0 Å². The number of benzene rings is 2. The molecule has 0 radical (unpaired) electrons. The number of rotatable bonds is 3. The van der Waals surface area contributed by atoms with Crippen molar-refractivity contribution in [3.63, 3.8) is 0 Å². The summed E-state index contributed by atoms with van der Waals surface area (Å²) in [6.07, 6.45) is 0.114. The van der Waals surface area contributed by atoms with Crippen LogP contribution in [0.15, 0.2) is 46.9 Å². The summed E-state index contributed by atoms with van der Waals surface area (Å²) in [6, 6.07) is 13.5. The molecule has 0 saturated carbocycles. The lowest BCUT2D eigenvalue weighted by Gasteiger charge is -2.35. The summed E-state index contributed by atoms with van der Waals surface area (Å²) in [5.41, 5.74) is 1.66. The Balaban J connectivity index is 1.49. The molecule has 0 spiro atoms. The number of carbonyl (C=O) groups is 1. The molecule has 5 heteroatoms. The number of para-hydroxylation sites is 1. The molecule has 4 rings (SSSR count). The average Bonchev–Trinajstić information content (AvgIpc) is 2.97. The quantitative estimate of drug-likeness (QED) is 0.732. The molecular formula is C20H21NO4. The molecule has 0 bridgehead atoms. The van der Waals surface area contributed by atoms with E-state index in [1.54, 1.807) is 0 Å². The van der Waals surface area contributed by atoms with Crippen LogP contribution < -0.4 is 4.74 Å². The van der Waals surface area contributed by atoms with E-state index >= 15 is 0 Å². The molecule has 2 aromatic carbocycles. The van der Waals surface area contributed by atoms with Gasteiger partial charge in [-0.3, -0.25) is 4.79 Å². The van der Waals surface area contributed by atoms with Gasteiger partial charge in [0.1, 0.15) is 16.9 Å². The summed E-state index contributed by atoms with van der Waals surface area (Å²) in [5.74, 6) is 0.654. The van der Waals surface area contributed by atoms with Crippen LogP contribution in [0.1, 0.15) is 13.8 Å². The van der Waals surface area contributed by atoms with Crippen molar-refractivity contribution in [1.29, 1.82) is 0 Å². The summed E-state index contributed by atoms with van der Waals surface area (Å²) in [5, 5.41) is 2.04. The van der Waals surface area contributed by atoms with E-state index in [0.29, 0.717) is 18.8 Å². The smallest absolute Gasteiger partial charge is 0.260 e. The fourth-order valence-electron chi connectivity index (χ4n) is 3.41. The van der Waals surface area contributed by atoms with Gasteiger partial charge >= 0.3 is 0 Å². The van der Waals surface area contributed by atoms with E-state index < -0.39 is 0 Å². The maximum absolute atomic E-state index is 12.4. The van der Waals surface area contributed by atoms with Crippen molar-refractivity contribution in [2.75, 3.05) is 19.7 Å². The van der Waals surface area contributed by atoms with E-state index in [0.717, 1.165) is 21.9 Å². The van der Waals surface area contributed by atoms with E-state index in [2.05, 4.69) is 0 Å². The number of carbonyl (C=O) groups excluding carboxylic acids is 1. The Bertz CT molecular complexity index is 906. The number of amides is 1. The second-order valence-corrected chi connectivity index (χ2v) is 6.60. The van der Waals surface area contributed by atoms with Gasteiger partial charge in [-0.15, -0.1) is 0 Å². The Kier molecular flexibility index (Phi) is 4.09. The molecule has 5 nitrogen and oxygen atoms in total. The molecule has 1 aliphatic rings. The first kappa shape index (κ1) is 16.0. The van der Waals surface area contributed by atoms with E-state index in [1.165, 1.54) is 0 Å². The number of ether oxygens (including phenoxy) is 2. The molecule has 2 atom stereocenters. The van der Waals surface area contributed by atoms with Gasteiger partial charge in [0, 0.05) is 23.9 Å². The second kappa shape index (κ2) is 6.41. The third-order valence-electron chi connectivity index (χ3n) is 4.48. The summed E-state index contributed by atoms with van der Waals surface area (Å²) >= 11 is 0. The van der Waals surface area contributed by atoms with Crippen LogP contribution in [-0.4, -0.2) is 42.7 Å². The van der Waals surface area contributed by atoms with Crippen molar-refractivity contribution in [2.45, 2.75) is 26.1 Å². The lowest BCUT2D eigenvalue weighted by atomic mass is 10.1. The zero-order valence-corrected chi connectivity index (χ0v) is 14.4. The number of hydrogen-bond donors (Lipinski definition) is 0. The van der Waals surface area contributed by atoms with Crippen LogP contribution in [0.25, 0.3) is 21.9 Å². The lowest BCUT2D eigenvalue weighted by molar-refractivity contribution is -0.145. The van der Waals surface area contributed by atoms with Crippen LogP contribution >= 0.6 is 0 Å². The van der Waals surface area contributed by atoms with E-state index in [9.17, 15) is 4.79 Å². The topological polar surface area (TPSA) is 51.9 Å². The molecule has 2 heterocycles. The summed E-state index contributed by atoms with van der Waals surface area (Å²) < 4.78 is 17.2. The standard InChI is InChI=1S/C20H21NO4/c1-13-10-21(11-14(2)24-13)20(22)12-23-15-7-8-19-17(9-15)16-5-3-4-6-18(16)25-19/h3-9,13-14H,10-12H2,1-2H3/t13-,14+. The molecule has 1 aliphatic heterocycles. The third-order valence-corrected chi connectivity index (χ3v) is 4.48. The van der Waals surface area contributed by atoms with Gasteiger partial charge in [-0.2, -0.15) is 0 Å². The predicted octanol–water partition coefficient (Wildman–Crippen LogP) is 3.60. The van der Waals surface area contributed by atoms with Crippen LogP contribution in [0.3, 0.4) is 0 Å². The number of nitrogens with zero attached hydrogens (tertiary/aromatic N) is 1. The monoisotopic (exact) mass is 339 g/mol. The SMILES string of the molecule is C[C@@H]1CN(C(=O)COc2ccc3oc4ccccc4c3c2)C[C@H](C)O1. The Morgan fingerprint density at radius 1 is 1.08 bits per heavy atom. The molecule has 1 fully saturated rings. The largest absolute Gasteiger partial charge is 0.484 e. The maximum atomic E-state index is 12.4. The van der Waals surface area contributed by atoms with Crippen LogP contribution in [0, 0.1) is 0 Å². The highest BCUT2D eigenvalue weighted by Gasteiger charge is 2.26. The first-order valence-electron chi connectivity index (χ1n) is 8.57. The Morgan fingerprint density at radius 2 is 1.80 bits per heavy atom. The minimum absolute atomic E-state index is 0.0147. The molecular weight excluding hydrogens is 318 g/mol. The Morgan fingerprint density at radius 3 is 2.60 bits per heavy atom. The normalized spacial score (nSPS) is 21.0. The molecule has 0 aliphatic carbocycles. The molecule has 0 N–H and O–H groups in total. The van der Waals surface area contributed by atoms with Gasteiger partial charge in [0.2, 0.25) is 0 Å². The van der Waals surface area contributed by atoms with Crippen LogP contribution in [0.2, 0.25) is 0 Å². The van der Waals surface area contributed by atoms with Crippen molar-refractivity contribution < 1.29 is 18.7 Å². The van der Waals surface area contributed by atoms with E-state index in [1.807, 2.05) is 61.2 Å². The van der Waals surface area contributed by atoms with Gasteiger partial charge in [0.25, 0.3) is 5.91 Å². The zero-order valence-electron chi connectivity index (χ0n) is 14.4. The van der Waals surface area contributed by atoms with Gasteiger partial charge < -0.3 is 18.8 Å². The summed E-state index contributed by atoms with van der Waals surface area (Å²) in [4.78, 5) is 14.2. The third kappa shape index (κ3) is 3.20. The molecule has 1 amide bonds. The van der Waals surface area contributed by atoms with Crippen LogP contribution in [0.5, 0.6) is 5.75 Å². The molecule has 1 saturated heterocycles. The molecule has 25 heavy (non-hydrogen) atoms. The maximum Gasteiger partial charge on any atom is 0.260 e. The van der Waals surface area contributed by atoms with E-state index in [4.69, 9.17) is 13.9 Å². The Hall–Kier alpha value is -2.53. The average molecular weight is 339 g/mol. The fraction of sp³-hybridized carbons (Fsp3) is 0.350. The van der Waals surface area contributed by atoms with E-state index in [-0.39, 0.29) is 24.7 Å². The molecule has 1 aromatic heterocycles. The lowest BCUT2D eigenvalue weighted by Crippen LogP contribution is -2.49. The predicted molar refractivity (Wildman–Crippen MR) is 95.8 cm³/mol. The zero-order chi connectivity index (χ0) is 17.4. The van der Waals surface area contributed by atoms with Crippen molar-refractivity contribution in [1.82, 2.24) is 4.90 Å². The molecule has 0 unspecified atom stereocenters. The number of fused-ring (bicyclic) bond motifs is 3. The Labute approximate surface area is 146 Å². The summed E-state index contributed by atoms with van der Waals surface area (Å²) in [7, 11) is 0. The van der Waals surface area contributed by atoms with Gasteiger partial charge in [-0.25, -0.2) is 0 Å². The van der Waals surface area contributed by atoms with Crippen molar-refractivity contribution in [3.05, 3.63) is 42.5 Å². The van der Waals surface area contributed by atoms with Gasteiger partial charge in [0.05, 0.1) is 12.2 Å². The minimum Gasteiger partial charge on any atom is -0.484 e. The van der Waals surface area contributed by atoms with Crippen molar-refractivity contribution in [3.8, 4) is 5.75 Å². The highest BCUT2D eigenvalue weighted by Crippen LogP contribution is 2.31. The first-order valence-corrected chi connectivity index (χ1v) is 8.57. The molecule has 130 valence electrons. The molecule has 3 aromatic rings. The fourth-order valence-corrected chi connectivity index (χ4v) is 3.41. The second-order valence-electron chi connectivity index (χ2n) is 6.60. The highest BCUT2D eigenvalue weighted by atomic mass is 16.5. The van der Waals surface area contributed by atoms with Gasteiger partial charge in [-0.05, 0) is 38.1 Å². The van der Waals surface area contributed by atoms with Crippen molar-refractivity contribution >= 4 is 27.8 Å². The highest BCUT2D eigenvalue weighted by molar-refractivity contribution is 6.05. The summed E-state index contributed by atoms with van der Waals surface area (Å²) in [6.45, 7) is 5.21. The number of hydrogen-bond acceptors (Lipinski definition) is 4. The first-order chi connectivity index (χ1) is 12.1. The number of morpholine rings is 1. The minimum atomic E-state index is -0.0147. The van der Waals surface area contributed by atoms with Crippen LogP contribution in [-0.2, 0) is 9.53 Å². The van der Waals surface area contributed by atoms with Crippen LogP contribution in [0.4, 0.5) is 0 Å².